The Balaban J connectivity index is 2.05. The molecule has 1 nitrogen and oxygen atoms in total. The number of unbranched alkanes of at least 4 members (excludes halogenated alkanes) is 20. The number of hydrogen-bond donors (Lipinski definition) is 0. The Kier molecular flexibility index (Phi) is 23.2. The van der Waals surface area contributed by atoms with E-state index >= 15 is 0 Å². The maximum atomic E-state index is 6.40. The van der Waals surface area contributed by atoms with E-state index in [-0.39, 0.29) is 0 Å². The monoisotopic (exact) mass is 472 g/mol. The second-order valence-corrected chi connectivity index (χ2v) is 10.6. The summed E-state index contributed by atoms with van der Waals surface area (Å²) in [6.07, 6.45) is 32.3. The maximum absolute atomic E-state index is 6.40. The van der Waals surface area contributed by atoms with Gasteiger partial charge >= 0.3 is 0 Å². The summed E-state index contributed by atoms with van der Waals surface area (Å²) >= 11 is 0. The molecule has 1 aromatic rings. The summed E-state index contributed by atoms with van der Waals surface area (Å²) in [7, 11) is 0. The van der Waals surface area contributed by atoms with Gasteiger partial charge in [0.15, 0.2) is 0 Å². The molecule has 0 fully saturated rings. The number of rotatable bonds is 26. The van der Waals surface area contributed by atoms with Crippen molar-refractivity contribution in [2.75, 3.05) is 6.61 Å². The molecule has 0 heterocycles. The molecular formula is C33H60O. The second-order valence-electron chi connectivity index (χ2n) is 10.6. The zero-order valence-corrected chi connectivity index (χ0v) is 23.3. The van der Waals surface area contributed by atoms with Gasteiger partial charge in [-0.3, -0.25) is 0 Å². The molecule has 0 saturated heterocycles. The molecule has 1 heteroatoms. The smallest absolute Gasteiger partial charge is 0.0824 e. The summed E-state index contributed by atoms with van der Waals surface area (Å²) in [5.74, 6) is 0. The lowest BCUT2D eigenvalue weighted by molar-refractivity contribution is 0.0421. The molecular weight excluding hydrogens is 412 g/mol. The van der Waals surface area contributed by atoms with Crippen LogP contribution in [0.2, 0.25) is 0 Å². The number of benzene rings is 1. The van der Waals surface area contributed by atoms with Crippen LogP contribution in [0.5, 0.6) is 0 Å². The standard InChI is InChI=1S/C33H60O/c1-3-5-7-9-11-13-15-16-17-19-21-26-30-33(32-28-24-23-25-29-32)34-31-27-22-20-18-14-12-10-8-6-4-2/h23-25,28-29,33H,3-22,26-27,30-31H2,1-2H3. The van der Waals surface area contributed by atoms with Crippen LogP contribution < -0.4 is 0 Å². The van der Waals surface area contributed by atoms with Gasteiger partial charge in [0, 0.05) is 6.61 Å². The molecule has 198 valence electrons. The van der Waals surface area contributed by atoms with E-state index in [9.17, 15) is 0 Å². The van der Waals surface area contributed by atoms with E-state index in [1.165, 1.54) is 153 Å². The van der Waals surface area contributed by atoms with E-state index in [1.807, 2.05) is 0 Å². The molecule has 0 bridgehead atoms. The van der Waals surface area contributed by atoms with E-state index in [0.29, 0.717) is 6.10 Å². The van der Waals surface area contributed by atoms with Gasteiger partial charge in [0.2, 0.25) is 0 Å². The van der Waals surface area contributed by atoms with Crippen molar-refractivity contribution in [2.45, 2.75) is 168 Å². The summed E-state index contributed by atoms with van der Waals surface area (Å²) in [5, 5.41) is 0. The van der Waals surface area contributed by atoms with Gasteiger partial charge in [0.1, 0.15) is 0 Å². The highest BCUT2D eigenvalue weighted by molar-refractivity contribution is 5.17. The first-order valence-corrected chi connectivity index (χ1v) is 15.5. The normalized spacial score (nSPS) is 12.3. The Hall–Kier alpha value is -0.820. The summed E-state index contributed by atoms with van der Waals surface area (Å²) in [6, 6.07) is 10.9. The first-order chi connectivity index (χ1) is 16.9. The minimum Gasteiger partial charge on any atom is -0.374 e. The fourth-order valence-corrected chi connectivity index (χ4v) is 5.00. The fraction of sp³-hybridized carbons (Fsp3) is 0.818. The fourth-order valence-electron chi connectivity index (χ4n) is 5.00. The Morgan fingerprint density at radius 3 is 1.29 bits per heavy atom. The van der Waals surface area contributed by atoms with Gasteiger partial charge in [0.25, 0.3) is 0 Å². The summed E-state index contributed by atoms with van der Waals surface area (Å²) in [6.45, 7) is 5.52. The van der Waals surface area contributed by atoms with Crippen LogP contribution in [-0.2, 0) is 4.74 Å². The topological polar surface area (TPSA) is 9.23 Å². The number of ether oxygens (including phenoxy) is 1. The lowest BCUT2D eigenvalue weighted by Gasteiger charge is -2.18. The molecule has 1 rings (SSSR count). The molecule has 0 aliphatic rings. The van der Waals surface area contributed by atoms with Crippen molar-refractivity contribution >= 4 is 0 Å². The van der Waals surface area contributed by atoms with Gasteiger partial charge in [-0.2, -0.15) is 0 Å². The van der Waals surface area contributed by atoms with E-state index < -0.39 is 0 Å². The van der Waals surface area contributed by atoms with Crippen LogP contribution in [0.15, 0.2) is 30.3 Å². The average Bonchev–Trinajstić information content (AvgIpc) is 2.87. The Morgan fingerprint density at radius 1 is 0.471 bits per heavy atom. The van der Waals surface area contributed by atoms with Gasteiger partial charge < -0.3 is 4.74 Å². The molecule has 1 unspecified atom stereocenters. The quantitative estimate of drug-likeness (QED) is 0.122. The van der Waals surface area contributed by atoms with Gasteiger partial charge in [-0.1, -0.05) is 179 Å². The third-order valence-corrected chi connectivity index (χ3v) is 7.31. The molecule has 0 radical (unpaired) electrons. The maximum Gasteiger partial charge on any atom is 0.0824 e. The lowest BCUT2D eigenvalue weighted by Crippen LogP contribution is -2.06. The van der Waals surface area contributed by atoms with Crippen molar-refractivity contribution in [3.8, 4) is 0 Å². The Labute approximate surface area is 214 Å². The van der Waals surface area contributed by atoms with Crippen LogP contribution in [-0.4, -0.2) is 6.61 Å². The Morgan fingerprint density at radius 2 is 0.853 bits per heavy atom. The minimum atomic E-state index is 0.294. The van der Waals surface area contributed by atoms with Crippen LogP contribution in [0, 0.1) is 0 Å². The molecule has 0 aliphatic heterocycles. The first kappa shape index (κ1) is 31.2. The minimum absolute atomic E-state index is 0.294. The van der Waals surface area contributed by atoms with E-state index in [0.717, 1.165) is 6.61 Å². The van der Waals surface area contributed by atoms with E-state index in [2.05, 4.69) is 44.2 Å². The molecule has 0 amide bonds. The molecule has 34 heavy (non-hydrogen) atoms. The lowest BCUT2D eigenvalue weighted by atomic mass is 10.0. The van der Waals surface area contributed by atoms with Gasteiger partial charge in [-0.25, -0.2) is 0 Å². The molecule has 0 aromatic heterocycles. The van der Waals surface area contributed by atoms with Gasteiger partial charge in [0.05, 0.1) is 6.10 Å². The van der Waals surface area contributed by atoms with E-state index in [4.69, 9.17) is 4.74 Å². The molecule has 0 spiro atoms. The zero-order chi connectivity index (χ0) is 24.4. The molecule has 0 aliphatic carbocycles. The van der Waals surface area contributed by atoms with Crippen molar-refractivity contribution < 1.29 is 4.74 Å². The van der Waals surface area contributed by atoms with Crippen LogP contribution >= 0.6 is 0 Å². The Bertz CT molecular complexity index is 497. The molecule has 1 aromatic carbocycles. The van der Waals surface area contributed by atoms with Gasteiger partial charge in [-0.15, -0.1) is 0 Å². The summed E-state index contributed by atoms with van der Waals surface area (Å²) in [4.78, 5) is 0. The van der Waals surface area contributed by atoms with Crippen LogP contribution in [0.4, 0.5) is 0 Å². The highest BCUT2D eigenvalue weighted by Gasteiger charge is 2.11. The highest BCUT2D eigenvalue weighted by atomic mass is 16.5. The predicted molar refractivity (Wildman–Crippen MR) is 153 cm³/mol. The highest BCUT2D eigenvalue weighted by Crippen LogP contribution is 2.25. The van der Waals surface area contributed by atoms with Crippen molar-refractivity contribution in [1.82, 2.24) is 0 Å². The van der Waals surface area contributed by atoms with Crippen molar-refractivity contribution in [1.29, 1.82) is 0 Å². The van der Waals surface area contributed by atoms with Crippen LogP contribution in [0.3, 0.4) is 0 Å². The largest absolute Gasteiger partial charge is 0.374 e. The SMILES string of the molecule is CCCCCCCCCCCCCCC(OCCCCCCCCCCCC)c1ccccc1. The van der Waals surface area contributed by atoms with Gasteiger partial charge in [-0.05, 0) is 18.4 Å². The average molecular weight is 473 g/mol. The van der Waals surface area contributed by atoms with Crippen molar-refractivity contribution in [3.63, 3.8) is 0 Å². The molecule has 0 saturated carbocycles. The van der Waals surface area contributed by atoms with Crippen LogP contribution in [0.1, 0.15) is 173 Å². The molecule has 0 N–H and O–H groups in total. The van der Waals surface area contributed by atoms with Crippen molar-refractivity contribution in [3.05, 3.63) is 35.9 Å². The summed E-state index contributed by atoms with van der Waals surface area (Å²) < 4.78 is 6.40. The summed E-state index contributed by atoms with van der Waals surface area (Å²) in [5.41, 5.74) is 1.37. The zero-order valence-electron chi connectivity index (χ0n) is 23.3. The molecule has 1 atom stereocenters. The first-order valence-electron chi connectivity index (χ1n) is 15.5. The van der Waals surface area contributed by atoms with Crippen LogP contribution in [0.25, 0.3) is 0 Å². The predicted octanol–water partition coefficient (Wildman–Crippen LogP) is 11.8. The number of hydrogen-bond acceptors (Lipinski definition) is 1. The van der Waals surface area contributed by atoms with Crippen molar-refractivity contribution in [2.24, 2.45) is 0 Å². The third kappa shape index (κ3) is 19.5. The second kappa shape index (κ2) is 25.3. The van der Waals surface area contributed by atoms with E-state index in [1.54, 1.807) is 0 Å². The third-order valence-electron chi connectivity index (χ3n) is 7.31.